The number of aryl methyl sites for hydroxylation is 1. The van der Waals surface area contributed by atoms with E-state index in [0.29, 0.717) is 18.7 Å². The topological polar surface area (TPSA) is 37.6 Å². The lowest BCUT2D eigenvalue weighted by molar-refractivity contribution is 0.211. The van der Waals surface area contributed by atoms with Crippen LogP contribution in [0.25, 0.3) is 5.65 Å². The molecule has 0 saturated carbocycles. The van der Waals surface area contributed by atoms with E-state index in [-0.39, 0.29) is 11.6 Å². The van der Waals surface area contributed by atoms with Gasteiger partial charge in [0.15, 0.2) is 0 Å². The summed E-state index contributed by atoms with van der Waals surface area (Å²) in [7, 11) is 0. The van der Waals surface area contributed by atoms with Gasteiger partial charge in [-0.3, -0.25) is 14.1 Å². The molecule has 1 atom stereocenters. The van der Waals surface area contributed by atoms with Crippen LogP contribution in [0.15, 0.2) is 59.5 Å². The summed E-state index contributed by atoms with van der Waals surface area (Å²) >= 11 is 0. The first-order chi connectivity index (χ1) is 12.3. The number of aromatic nitrogens is 2. The first kappa shape index (κ1) is 15.6. The van der Waals surface area contributed by atoms with Gasteiger partial charge >= 0.3 is 0 Å². The van der Waals surface area contributed by atoms with E-state index in [9.17, 15) is 4.79 Å². The third kappa shape index (κ3) is 2.95. The number of fused-ring (bicyclic) bond motifs is 2. The molecule has 1 aromatic carbocycles. The van der Waals surface area contributed by atoms with E-state index >= 15 is 0 Å². The lowest BCUT2D eigenvalue weighted by Gasteiger charge is -2.27. The molecule has 0 spiro atoms. The van der Waals surface area contributed by atoms with Gasteiger partial charge in [-0.25, -0.2) is 4.98 Å². The second-order valence-electron chi connectivity index (χ2n) is 6.38. The lowest BCUT2D eigenvalue weighted by atomic mass is 10.1. The van der Waals surface area contributed by atoms with Crippen molar-refractivity contribution in [2.75, 3.05) is 6.54 Å². The molecular formula is C21H19N3O. The Kier molecular flexibility index (Phi) is 4.09. The van der Waals surface area contributed by atoms with E-state index in [1.807, 2.05) is 18.2 Å². The maximum absolute atomic E-state index is 12.3. The van der Waals surface area contributed by atoms with Gasteiger partial charge in [-0.1, -0.05) is 36.3 Å². The Bertz CT molecular complexity index is 1020. The highest BCUT2D eigenvalue weighted by molar-refractivity contribution is 5.38. The van der Waals surface area contributed by atoms with Gasteiger partial charge in [-0.2, -0.15) is 0 Å². The fourth-order valence-corrected chi connectivity index (χ4v) is 3.70. The van der Waals surface area contributed by atoms with E-state index < -0.39 is 0 Å². The zero-order valence-electron chi connectivity index (χ0n) is 13.9. The predicted molar refractivity (Wildman–Crippen MR) is 98.2 cm³/mol. The Labute approximate surface area is 146 Å². The molecule has 0 unspecified atom stereocenters. The summed E-state index contributed by atoms with van der Waals surface area (Å²) in [4.78, 5) is 19.2. The second kappa shape index (κ2) is 6.54. The van der Waals surface area contributed by atoms with E-state index in [0.717, 1.165) is 18.5 Å². The van der Waals surface area contributed by atoms with Crippen molar-refractivity contribution in [3.05, 3.63) is 81.9 Å². The van der Waals surface area contributed by atoms with Gasteiger partial charge < -0.3 is 0 Å². The maximum atomic E-state index is 12.3. The van der Waals surface area contributed by atoms with Gasteiger partial charge in [0.2, 0.25) is 0 Å². The minimum atomic E-state index is -0.0620. The first-order valence-electron chi connectivity index (χ1n) is 8.49. The second-order valence-corrected chi connectivity index (χ2v) is 6.38. The Morgan fingerprint density at radius 3 is 2.96 bits per heavy atom. The van der Waals surface area contributed by atoms with E-state index in [1.54, 1.807) is 16.7 Å². The van der Waals surface area contributed by atoms with Crippen molar-refractivity contribution in [2.45, 2.75) is 25.4 Å². The van der Waals surface area contributed by atoms with E-state index in [4.69, 9.17) is 6.42 Å². The molecule has 4 rings (SSSR count). The molecule has 0 fully saturated rings. The van der Waals surface area contributed by atoms with Crippen LogP contribution in [0.5, 0.6) is 0 Å². The molecule has 0 amide bonds. The van der Waals surface area contributed by atoms with Crippen LogP contribution in [0.4, 0.5) is 0 Å². The molecule has 1 aliphatic carbocycles. The molecule has 4 heteroatoms. The van der Waals surface area contributed by atoms with Crippen molar-refractivity contribution in [3.8, 4) is 12.3 Å². The molecule has 0 aliphatic heterocycles. The SMILES string of the molecule is C#CCN(Cc1cc(=O)n2ccccc2n1)[C@H]1CCc2ccccc21. The number of rotatable bonds is 4. The molecule has 124 valence electrons. The van der Waals surface area contributed by atoms with Crippen molar-refractivity contribution in [3.63, 3.8) is 0 Å². The van der Waals surface area contributed by atoms with Crippen LogP contribution in [-0.4, -0.2) is 20.8 Å². The highest BCUT2D eigenvalue weighted by atomic mass is 16.1. The zero-order valence-corrected chi connectivity index (χ0v) is 13.9. The highest BCUT2D eigenvalue weighted by Crippen LogP contribution is 2.35. The molecule has 4 nitrogen and oxygen atoms in total. The van der Waals surface area contributed by atoms with E-state index in [1.165, 1.54) is 11.1 Å². The van der Waals surface area contributed by atoms with Crippen molar-refractivity contribution < 1.29 is 0 Å². The van der Waals surface area contributed by atoms with Crippen LogP contribution in [0.3, 0.4) is 0 Å². The van der Waals surface area contributed by atoms with E-state index in [2.05, 4.69) is 40.1 Å². The molecule has 1 aliphatic rings. The molecule has 0 saturated heterocycles. The minimum absolute atomic E-state index is 0.0620. The lowest BCUT2D eigenvalue weighted by Crippen LogP contribution is -2.29. The van der Waals surface area contributed by atoms with Crippen LogP contribution in [0.2, 0.25) is 0 Å². The monoisotopic (exact) mass is 329 g/mol. The predicted octanol–water partition coefficient (Wildman–Crippen LogP) is 2.82. The van der Waals surface area contributed by atoms with Gasteiger partial charge in [0.05, 0.1) is 12.2 Å². The van der Waals surface area contributed by atoms with Gasteiger partial charge in [-0.15, -0.1) is 6.42 Å². The highest BCUT2D eigenvalue weighted by Gasteiger charge is 2.27. The number of pyridine rings is 1. The quantitative estimate of drug-likeness (QED) is 0.691. The Balaban J connectivity index is 1.68. The van der Waals surface area contributed by atoms with Gasteiger partial charge in [0, 0.05) is 24.8 Å². The third-order valence-electron chi connectivity index (χ3n) is 4.83. The standard InChI is InChI=1S/C21H19N3O/c1-2-12-23(19-11-10-16-7-3-4-8-18(16)19)15-17-14-21(25)24-13-6-5-9-20(24)22-17/h1,3-9,13-14,19H,10-12,15H2/t19-/m0/s1. The molecule has 25 heavy (non-hydrogen) atoms. The molecular weight excluding hydrogens is 310 g/mol. The summed E-state index contributed by atoms with van der Waals surface area (Å²) in [6.07, 6.45) is 9.46. The van der Waals surface area contributed by atoms with Gasteiger partial charge in [0.1, 0.15) is 5.65 Å². The van der Waals surface area contributed by atoms with Crippen molar-refractivity contribution >= 4 is 5.65 Å². The molecule has 0 N–H and O–H groups in total. The average Bonchev–Trinajstić information content (AvgIpc) is 3.05. The van der Waals surface area contributed by atoms with Crippen molar-refractivity contribution in [2.24, 2.45) is 0 Å². The van der Waals surface area contributed by atoms with Gasteiger partial charge in [0.25, 0.3) is 5.56 Å². The molecule has 0 radical (unpaired) electrons. The molecule has 0 bridgehead atoms. The smallest absolute Gasteiger partial charge is 0.258 e. The largest absolute Gasteiger partial charge is 0.279 e. The Hall–Kier alpha value is -2.90. The summed E-state index contributed by atoms with van der Waals surface area (Å²) in [6, 6.07) is 16.0. The van der Waals surface area contributed by atoms with Crippen LogP contribution in [0.1, 0.15) is 29.3 Å². The summed E-state index contributed by atoms with van der Waals surface area (Å²) in [5.41, 5.74) is 4.10. The zero-order chi connectivity index (χ0) is 17.2. The van der Waals surface area contributed by atoms with Crippen molar-refractivity contribution in [1.29, 1.82) is 0 Å². The summed E-state index contributed by atoms with van der Waals surface area (Å²) in [5, 5.41) is 0. The number of terminal acetylenes is 1. The molecule has 2 heterocycles. The average molecular weight is 329 g/mol. The number of hydrogen-bond acceptors (Lipinski definition) is 3. The van der Waals surface area contributed by atoms with Crippen LogP contribution >= 0.6 is 0 Å². The number of hydrogen-bond donors (Lipinski definition) is 0. The molecule has 2 aromatic heterocycles. The van der Waals surface area contributed by atoms with Gasteiger partial charge in [-0.05, 0) is 36.1 Å². The van der Waals surface area contributed by atoms with Crippen LogP contribution in [-0.2, 0) is 13.0 Å². The Morgan fingerprint density at radius 1 is 1.24 bits per heavy atom. The van der Waals surface area contributed by atoms with Crippen LogP contribution < -0.4 is 5.56 Å². The normalized spacial score (nSPS) is 16.1. The number of nitrogens with zero attached hydrogens (tertiary/aromatic N) is 3. The maximum Gasteiger partial charge on any atom is 0.258 e. The molecule has 3 aromatic rings. The fraction of sp³-hybridized carbons (Fsp3) is 0.238. The summed E-state index contributed by atoms with van der Waals surface area (Å²) < 4.78 is 1.56. The van der Waals surface area contributed by atoms with Crippen LogP contribution in [0, 0.1) is 12.3 Å². The minimum Gasteiger partial charge on any atom is -0.279 e. The summed E-state index contributed by atoms with van der Waals surface area (Å²) in [6.45, 7) is 1.11. The fourth-order valence-electron chi connectivity index (χ4n) is 3.70. The Morgan fingerprint density at radius 2 is 2.08 bits per heavy atom. The first-order valence-corrected chi connectivity index (χ1v) is 8.49. The third-order valence-corrected chi connectivity index (χ3v) is 4.83. The number of benzene rings is 1. The summed E-state index contributed by atoms with van der Waals surface area (Å²) in [5.74, 6) is 2.76. The van der Waals surface area contributed by atoms with Crippen molar-refractivity contribution in [1.82, 2.24) is 14.3 Å².